The van der Waals surface area contributed by atoms with Gasteiger partial charge in [-0.25, -0.2) is 8.42 Å². The van der Waals surface area contributed by atoms with Gasteiger partial charge in [0.1, 0.15) is 0 Å². The molecule has 0 unspecified atom stereocenters. The van der Waals surface area contributed by atoms with Crippen molar-refractivity contribution < 1.29 is 8.42 Å². The van der Waals surface area contributed by atoms with Crippen molar-refractivity contribution in [1.82, 2.24) is 0 Å². The van der Waals surface area contributed by atoms with Crippen LogP contribution in [0.4, 0.5) is 0 Å². The van der Waals surface area contributed by atoms with E-state index < -0.39 is 9.05 Å². The van der Waals surface area contributed by atoms with Crippen LogP contribution in [-0.4, -0.2) is 14.2 Å². The van der Waals surface area contributed by atoms with Crippen molar-refractivity contribution in [2.75, 3.05) is 5.75 Å². The van der Waals surface area contributed by atoms with Crippen LogP contribution in [0.1, 0.15) is 26.2 Å². The van der Waals surface area contributed by atoms with Gasteiger partial charge < -0.3 is 0 Å². The number of hydrogen-bond acceptors (Lipinski definition) is 2. The van der Waals surface area contributed by atoms with E-state index in [1.165, 1.54) is 6.42 Å². The van der Waals surface area contributed by atoms with Crippen molar-refractivity contribution in [2.45, 2.75) is 26.2 Å². The minimum atomic E-state index is -3.24. The molecule has 1 rings (SSSR count). The lowest BCUT2D eigenvalue weighted by Gasteiger charge is -1.95. The topological polar surface area (TPSA) is 34.1 Å². The first kappa shape index (κ1) is 9.33. The van der Waals surface area contributed by atoms with E-state index >= 15 is 0 Å². The summed E-state index contributed by atoms with van der Waals surface area (Å²) in [7, 11) is 1.81. The second kappa shape index (κ2) is 3.31. The molecule has 1 fully saturated rings. The predicted octanol–water partition coefficient (Wildman–Crippen LogP) is 1.99. The molecule has 0 aliphatic heterocycles. The second-order valence-corrected chi connectivity index (χ2v) is 6.25. The van der Waals surface area contributed by atoms with Crippen molar-refractivity contribution >= 4 is 19.7 Å². The van der Waals surface area contributed by atoms with Crippen LogP contribution in [0.3, 0.4) is 0 Å². The molecule has 2 atom stereocenters. The Morgan fingerprint density at radius 1 is 1.55 bits per heavy atom. The molecule has 1 aliphatic carbocycles. The van der Waals surface area contributed by atoms with Crippen molar-refractivity contribution in [3.05, 3.63) is 0 Å². The van der Waals surface area contributed by atoms with E-state index in [4.69, 9.17) is 10.7 Å². The van der Waals surface area contributed by atoms with Crippen molar-refractivity contribution in [2.24, 2.45) is 11.8 Å². The second-order valence-electron chi connectivity index (χ2n) is 3.36. The van der Waals surface area contributed by atoms with Crippen LogP contribution >= 0.6 is 10.7 Å². The van der Waals surface area contributed by atoms with Crippen LogP contribution in [-0.2, 0) is 9.05 Å². The highest BCUT2D eigenvalue weighted by Gasteiger charge is 2.31. The third-order valence-corrected chi connectivity index (χ3v) is 3.48. The summed E-state index contributed by atoms with van der Waals surface area (Å²) >= 11 is 0. The fourth-order valence-corrected chi connectivity index (χ4v) is 2.16. The third-order valence-electron chi connectivity index (χ3n) is 2.24. The van der Waals surface area contributed by atoms with Gasteiger partial charge in [-0.1, -0.05) is 6.92 Å². The lowest BCUT2D eigenvalue weighted by molar-refractivity contribution is 0.598. The highest BCUT2D eigenvalue weighted by Crippen LogP contribution is 2.41. The fourth-order valence-electron chi connectivity index (χ4n) is 1.32. The standard InChI is InChI=1S/C7H13ClO2S/c1-6-5-7(6)3-2-4-11(8,9)10/h6-7H,2-5H2,1H3/t6-,7+/m1/s1. The number of rotatable bonds is 4. The summed E-state index contributed by atoms with van der Waals surface area (Å²) in [5, 5.41) is 0. The normalized spacial score (nSPS) is 30.4. The van der Waals surface area contributed by atoms with Crippen molar-refractivity contribution in [3.63, 3.8) is 0 Å². The summed E-state index contributed by atoms with van der Waals surface area (Å²) in [6, 6.07) is 0. The smallest absolute Gasteiger partial charge is 0.212 e. The molecule has 0 aromatic carbocycles. The molecular formula is C7H13ClO2S. The average molecular weight is 197 g/mol. The van der Waals surface area contributed by atoms with Crippen molar-refractivity contribution in [3.8, 4) is 0 Å². The summed E-state index contributed by atoms with van der Waals surface area (Å²) in [4.78, 5) is 0. The molecular weight excluding hydrogens is 184 g/mol. The quantitative estimate of drug-likeness (QED) is 0.645. The number of hydrogen-bond donors (Lipinski definition) is 0. The molecule has 0 amide bonds. The van der Waals surface area contributed by atoms with Gasteiger partial charge in [-0.2, -0.15) is 0 Å². The SMILES string of the molecule is C[C@@H]1C[C@@H]1CCCS(=O)(=O)Cl. The Hall–Kier alpha value is 0.240. The first-order valence-electron chi connectivity index (χ1n) is 3.91. The van der Waals surface area contributed by atoms with Crippen LogP contribution in [0.25, 0.3) is 0 Å². The van der Waals surface area contributed by atoms with Gasteiger partial charge in [-0.3, -0.25) is 0 Å². The average Bonchev–Trinajstić information content (AvgIpc) is 2.43. The Balaban J connectivity index is 2.06. The Bertz CT molecular complexity index is 223. The maximum Gasteiger partial charge on any atom is 0.232 e. The van der Waals surface area contributed by atoms with Gasteiger partial charge >= 0.3 is 0 Å². The molecule has 0 aromatic heterocycles. The van der Waals surface area contributed by atoms with Gasteiger partial charge in [0.25, 0.3) is 0 Å². The zero-order valence-corrected chi connectivity index (χ0v) is 8.16. The molecule has 1 saturated carbocycles. The molecule has 11 heavy (non-hydrogen) atoms. The summed E-state index contributed by atoms with van der Waals surface area (Å²) in [5.41, 5.74) is 0. The maximum atomic E-state index is 10.5. The first-order chi connectivity index (χ1) is 4.99. The zero-order valence-electron chi connectivity index (χ0n) is 6.59. The monoisotopic (exact) mass is 196 g/mol. The highest BCUT2D eigenvalue weighted by atomic mass is 35.7. The molecule has 0 aromatic rings. The van der Waals surface area contributed by atoms with Crippen LogP contribution in [0.15, 0.2) is 0 Å². The number of halogens is 1. The van der Waals surface area contributed by atoms with E-state index in [0.29, 0.717) is 0 Å². The third kappa shape index (κ3) is 3.97. The Kier molecular flexibility index (Phi) is 2.81. The Morgan fingerprint density at radius 3 is 2.45 bits per heavy atom. The van der Waals surface area contributed by atoms with Gasteiger partial charge in [-0.15, -0.1) is 0 Å². The van der Waals surface area contributed by atoms with E-state index in [0.717, 1.165) is 24.7 Å². The molecule has 4 heteroatoms. The first-order valence-corrected chi connectivity index (χ1v) is 6.39. The Morgan fingerprint density at radius 2 is 2.09 bits per heavy atom. The molecule has 0 N–H and O–H groups in total. The van der Waals surface area contributed by atoms with E-state index in [-0.39, 0.29) is 5.75 Å². The van der Waals surface area contributed by atoms with E-state index in [1.54, 1.807) is 0 Å². The lowest BCUT2D eigenvalue weighted by atomic mass is 10.2. The summed E-state index contributed by atoms with van der Waals surface area (Å²) < 4.78 is 21.0. The van der Waals surface area contributed by atoms with Crippen molar-refractivity contribution in [1.29, 1.82) is 0 Å². The van der Waals surface area contributed by atoms with Gasteiger partial charge in [0.05, 0.1) is 5.75 Å². The summed E-state index contributed by atoms with van der Waals surface area (Å²) in [6.07, 6.45) is 3.01. The molecule has 2 nitrogen and oxygen atoms in total. The Labute approximate surface area is 72.4 Å². The molecule has 1 aliphatic rings. The summed E-state index contributed by atoms with van der Waals surface area (Å²) in [6.45, 7) is 2.19. The van der Waals surface area contributed by atoms with Gasteiger partial charge in [-0.05, 0) is 31.1 Å². The van der Waals surface area contributed by atoms with Gasteiger partial charge in [0.2, 0.25) is 9.05 Å². The van der Waals surface area contributed by atoms with E-state index in [2.05, 4.69) is 6.92 Å². The highest BCUT2D eigenvalue weighted by molar-refractivity contribution is 8.13. The van der Waals surface area contributed by atoms with Crippen LogP contribution < -0.4 is 0 Å². The molecule has 0 saturated heterocycles. The van der Waals surface area contributed by atoms with Crippen LogP contribution in [0.5, 0.6) is 0 Å². The predicted molar refractivity (Wildman–Crippen MR) is 46.1 cm³/mol. The molecule has 0 heterocycles. The minimum Gasteiger partial charge on any atom is -0.212 e. The molecule has 0 bridgehead atoms. The van der Waals surface area contributed by atoms with Gasteiger partial charge in [0, 0.05) is 10.7 Å². The van der Waals surface area contributed by atoms with E-state index in [1.807, 2.05) is 0 Å². The van der Waals surface area contributed by atoms with E-state index in [9.17, 15) is 8.42 Å². The molecule has 66 valence electrons. The lowest BCUT2D eigenvalue weighted by Crippen LogP contribution is -1.97. The fraction of sp³-hybridized carbons (Fsp3) is 1.00. The largest absolute Gasteiger partial charge is 0.232 e. The zero-order chi connectivity index (χ0) is 8.48. The molecule has 0 spiro atoms. The minimum absolute atomic E-state index is 0.137. The maximum absolute atomic E-state index is 10.5. The van der Waals surface area contributed by atoms with Crippen LogP contribution in [0, 0.1) is 11.8 Å². The molecule has 0 radical (unpaired) electrons. The van der Waals surface area contributed by atoms with Crippen LogP contribution in [0.2, 0.25) is 0 Å². The summed E-state index contributed by atoms with van der Waals surface area (Å²) in [5.74, 6) is 1.72. The van der Waals surface area contributed by atoms with Gasteiger partial charge in [0.15, 0.2) is 0 Å².